The van der Waals surface area contributed by atoms with E-state index in [2.05, 4.69) is 5.10 Å². The molecule has 0 unspecified atom stereocenters. The molecule has 3 aromatic rings. The van der Waals surface area contributed by atoms with Gasteiger partial charge in [0.1, 0.15) is 6.61 Å². The number of amides is 1. The molecule has 0 fully saturated rings. The molecule has 0 N–H and O–H groups in total. The molecule has 0 bridgehead atoms. The lowest BCUT2D eigenvalue weighted by atomic mass is 10.0. The number of alkyl halides is 3. The molecule has 1 aliphatic heterocycles. The van der Waals surface area contributed by atoms with Gasteiger partial charge >= 0.3 is 6.18 Å². The first-order valence-corrected chi connectivity index (χ1v) is 9.52. The van der Waals surface area contributed by atoms with E-state index in [0.29, 0.717) is 25.6 Å². The molecule has 5 nitrogen and oxygen atoms in total. The fourth-order valence-electron chi connectivity index (χ4n) is 3.46. The summed E-state index contributed by atoms with van der Waals surface area (Å²) < 4.78 is 47.0. The van der Waals surface area contributed by atoms with E-state index >= 15 is 0 Å². The van der Waals surface area contributed by atoms with Crippen LogP contribution in [0, 0.1) is 6.92 Å². The molecular formula is C22H20F3N3O2. The number of nitrogens with zero attached hydrogens (tertiary/aromatic N) is 3. The fraction of sp³-hybridized carbons (Fsp3) is 0.273. The number of hydrogen-bond donors (Lipinski definition) is 0. The van der Waals surface area contributed by atoms with Crippen molar-refractivity contribution < 1.29 is 22.7 Å². The first kappa shape index (κ1) is 20.0. The minimum atomic E-state index is -4.49. The molecule has 0 atom stereocenters. The topological polar surface area (TPSA) is 47.4 Å². The Hall–Kier alpha value is -3.29. The number of aryl methyl sites for hydroxylation is 1. The SMILES string of the molecule is Cc1ccc(C(=O)N2CCn3nc(OCc4ccccc4)cc3C2)cc1C(F)(F)F. The molecule has 0 saturated heterocycles. The molecule has 0 aliphatic carbocycles. The van der Waals surface area contributed by atoms with Gasteiger partial charge in [-0.1, -0.05) is 36.4 Å². The van der Waals surface area contributed by atoms with E-state index in [1.54, 1.807) is 10.7 Å². The van der Waals surface area contributed by atoms with E-state index < -0.39 is 17.6 Å². The first-order valence-electron chi connectivity index (χ1n) is 9.52. The van der Waals surface area contributed by atoms with Crippen LogP contribution in [0.3, 0.4) is 0 Å². The van der Waals surface area contributed by atoms with Crippen molar-refractivity contribution in [3.63, 3.8) is 0 Å². The number of carbonyl (C=O) groups is 1. The highest BCUT2D eigenvalue weighted by Gasteiger charge is 2.33. The molecule has 1 aromatic heterocycles. The zero-order valence-electron chi connectivity index (χ0n) is 16.3. The number of hydrogen-bond acceptors (Lipinski definition) is 3. The minimum absolute atomic E-state index is 0.0291. The van der Waals surface area contributed by atoms with E-state index in [0.717, 1.165) is 17.3 Å². The summed E-state index contributed by atoms with van der Waals surface area (Å²) in [6, 6.07) is 15.1. The Morgan fingerprint density at radius 3 is 2.60 bits per heavy atom. The van der Waals surface area contributed by atoms with Gasteiger partial charge in [-0.05, 0) is 30.2 Å². The predicted molar refractivity (Wildman–Crippen MR) is 104 cm³/mol. The number of carbonyl (C=O) groups excluding carboxylic acids is 1. The molecule has 156 valence electrons. The summed E-state index contributed by atoms with van der Waals surface area (Å²) >= 11 is 0. The molecule has 2 aromatic carbocycles. The number of halogens is 3. The van der Waals surface area contributed by atoms with Crippen LogP contribution in [-0.2, 0) is 25.9 Å². The second kappa shape index (κ2) is 7.85. The number of benzene rings is 2. The highest BCUT2D eigenvalue weighted by molar-refractivity contribution is 5.94. The van der Waals surface area contributed by atoms with Crippen LogP contribution < -0.4 is 4.74 Å². The number of ether oxygens (including phenoxy) is 1. The highest BCUT2D eigenvalue weighted by Crippen LogP contribution is 2.32. The summed E-state index contributed by atoms with van der Waals surface area (Å²) in [5, 5.41) is 4.40. The summed E-state index contributed by atoms with van der Waals surface area (Å²) in [6.07, 6.45) is -4.49. The quantitative estimate of drug-likeness (QED) is 0.633. The van der Waals surface area contributed by atoms with Crippen molar-refractivity contribution in [1.82, 2.24) is 14.7 Å². The fourth-order valence-corrected chi connectivity index (χ4v) is 3.46. The summed E-state index contributed by atoms with van der Waals surface area (Å²) in [5.41, 5.74) is 1.13. The maximum Gasteiger partial charge on any atom is 0.416 e. The second-order valence-electron chi connectivity index (χ2n) is 7.23. The molecule has 0 saturated carbocycles. The third-order valence-electron chi connectivity index (χ3n) is 5.08. The van der Waals surface area contributed by atoms with Gasteiger partial charge < -0.3 is 9.64 Å². The van der Waals surface area contributed by atoms with Gasteiger partial charge in [0.15, 0.2) is 0 Å². The molecule has 0 spiro atoms. The van der Waals surface area contributed by atoms with Crippen molar-refractivity contribution in [2.75, 3.05) is 6.54 Å². The zero-order valence-corrected chi connectivity index (χ0v) is 16.3. The van der Waals surface area contributed by atoms with E-state index in [4.69, 9.17) is 4.74 Å². The lowest BCUT2D eigenvalue weighted by Crippen LogP contribution is -2.38. The predicted octanol–water partition coefficient (Wildman–Crippen LogP) is 4.45. The van der Waals surface area contributed by atoms with E-state index in [1.165, 1.54) is 24.0 Å². The zero-order chi connectivity index (χ0) is 21.3. The van der Waals surface area contributed by atoms with Crippen LogP contribution in [0.1, 0.15) is 32.7 Å². The Morgan fingerprint density at radius 1 is 1.10 bits per heavy atom. The van der Waals surface area contributed by atoms with Crippen molar-refractivity contribution >= 4 is 5.91 Å². The Kier molecular flexibility index (Phi) is 5.24. The van der Waals surface area contributed by atoms with E-state index in [-0.39, 0.29) is 17.7 Å². The van der Waals surface area contributed by atoms with Crippen LogP contribution >= 0.6 is 0 Å². The Balaban J connectivity index is 1.46. The van der Waals surface area contributed by atoms with Crippen molar-refractivity contribution in [1.29, 1.82) is 0 Å². The normalized spacial score (nSPS) is 13.8. The van der Waals surface area contributed by atoms with Crippen LogP contribution in [0.2, 0.25) is 0 Å². The lowest BCUT2D eigenvalue weighted by Gasteiger charge is -2.28. The van der Waals surface area contributed by atoms with Crippen LogP contribution in [-0.4, -0.2) is 27.1 Å². The van der Waals surface area contributed by atoms with Gasteiger partial charge in [-0.3, -0.25) is 9.48 Å². The van der Waals surface area contributed by atoms with Gasteiger partial charge in [-0.25, -0.2) is 0 Å². The molecule has 4 rings (SSSR count). The van der Waals surface area contributed by atoms with Gasteiger partial charge in [0.2, 0.25) is 5.88 Å². The number of fused-ring (bicyclic) bond motifs is 1. The third kappa shape index (κ3) is 4.17. The van der Waals surface area contributed by atoms with Crippen molar-refractivity contribution in [3.8, 4) is 5.88 Å². The van der Waals surface area contributed by atoms with E-state index in [1.807, 2.05) is 30.3 Å². The molecule has 0 radical (unpaired) electrons. The number of rotatable bonds is 4. The smallest absolute Gasteiger partial charge is 0.416 e. The standard InChI is InChI=1S/C22H20F3N3O2/c1-15-7-8-17(11-19(15)22(23,24)25)21(29)27-9-10-28-18(13-27)12-20(26-28)30-14-16-5-3-2-4-6-16/h2-8,11-12H,9-10,13-14H2,1H3. The average Bonchev–Trinajstić information content (AvgIpc) is 3.14. The largest absolute Gasteiger partial charge is 0.472 e. The lowest BCUT2D eigenvalue weighted by molar-refractivity contribution is -0.138. The molecule has 1 amide bonds. The number of aromatic nitrogens is 2. The Morgan fingerprint density at radius 2 is 1.87 bits per heavy atom. The van der Waals surface area contributed by atoms with Crippen molar-refractivity contribution in [3.05, 3.63) is 82.5 Å². The maximum absolute atomic E-state index is 13.2. The average molecular weight is 415 g/mol. The van der Waals surface area contributed by atoms with Gasteiger partial charge in [0.05, 0.1) is 24.3 Å². The van der Waals surface area contributed by atoms with Crippen LogP contribution in [0.5, 0.6) is 5.88 Å². The van der Waals surface area contributed by atoms with Gasteiger partial charge in [0.25, 0.3) is 5.91 Å². The van der Waals surface area contributed by atoms with Crippen LogP contribution in [0.4, 0.5) is 13.2 Å². The van der Waals surface area contributed by atoms with Crippen LogP contribution in [0.25, 0.3) is 0 Å². The van der Waals surface area contributed by atoms with Crippen molar-refractivity contribution in [2.45, 2.75) is 32.8 Å². The minimum Gasteiger partial charge on any atom is -0.472 e. The summed E-state index contributed by atoms with van der Waals surface area (Å²) in [7, 11) is 0. The Bertz CT molecular complexity index is 1060. The molecule has 2 heterocycles. The highest BCUT2D eigenvalue weighted by atomic mass is 19.4. The molecular weight excluding hydrogens is 395 g/mol. The molecule has 1 aliphatic rings. The van der Waals surface area contributed by atoms with Gasteiger partial charge in [-0.2, -0.15) is 13.2 Å². The molecule has 8 heteroatoms. The van der Waals surface area contributed by atoms with Gasteiger partial charge in [-0.15, -0.1) is 5.10 Å². The first-order chi connectivity index (χ1) is 14.3. The summed E-state index contributed by atoms with van der Waals surface area (Å²) in [4.78, 5) is 14.3. The monoisotopic (exact) mass is 415 g/mol. The molecule has 30 heavy (non-hydrogen) atoms. The van der Waals surface area contributed by atoms with Gasteiger partial charge in [0, 0.05) is 18.2 Å². The third-order valence-corrected chi connectivity index (χ3v) is 5.08. The van der Waals surface area contributed by atoms with Crippen LogP contribution in [0.15, 0.2) is 54.6 Å². The summed E-state index contributed by atoms with van der Waals surface area (Å²) in [6.45, 7) is 2.83. The second-order valence-corrected chi connectivity index (χ2v) is 7.23. The van der Waals surface area contributed by atoms with E-state index in [9.17, 15) is 18.0 Å². The Labute approximate surface area is 171 Å². The maximum atomic E-state index is 13.2. The summed E-state index contributed by atoms with van der Waals surface area (Å²) in [5.74, 6) is 0.0255. The van der Waals surface area contributed by atoms with Crippen molar-refractivity contribution in [2.24, 2.45) is 0 Å².